The van der Waals surface area contributed by atoms with Crippen LogP contribution in [0.25, 0.3) is 0 Å². The van der Waals surface area contributed by atoms with Crippen LogP contribution in [-0.4, -0.2) is 16.9 Å². The number of carbonyl (C=O) groups excluding carboxylic acids is 1. The fourth-order valence-corrected chi connectivity index (χ4v) is 2.30. The number of amides is 1. The molecule has 1 aliphatic rings. The van der Waals surface area contributed by atoms with Gasteiger partial charge in [0.05, 0.1) is 0 Å². The molecule has 0 spiro atoms. The zero-order valence-electron chi connectivity index (χ0n) is 10.7. The van der Waals surface area contributed by atoms with Gasteiger partial charge < -0.3 is 10.4 Å². The van der Waals surface area contributed by atoms with Crippen molar-refractivity contribution in [2.24, 2.45) is 5.92 Å². The first-order chi connectivity index (χ1) is 8.89. The number of alkyl halides is 2. The molecule has 0 bridgehead atoms. The number of hydrogen-bond acceptors (Lipinski definition) is 2. The zero-order chi connectivity index (χ0) is 14.0. The van der Waals surface area contributed by atoms with Gasteiger partial charge in [0.2, 0.25) is 11.8 Å². The maximum atomic E-state index is 13.0. The molecule has 2 rings (SSSR count). The third-order valence-corrected chi connectivity index (χ3v) is 3.65. The normalized spacial score (nSPS) is 19.1. The van der Waals surface area contributed by atoms with Gasteiger partial charge in [-0.15, -0.1) is 0 Å². The molecule has 1 saturated carbocycles. The van der Waals surface area contributed by atoms with E-state index in [9.17, 15) is 18.7 Å². The lowest BCUT2D eigenvalue weighted by Crippen LogP contribution is -2.31. The second-order valence-electron chi connectivity index (χ2n) is 5.07. The van der Waals surface area contributed by atoms with Gasteiger partial charge >= 0.3 is 0 Å². The lowest BCUT2D eigenvalue weighted by molar-refractivity contribution is -0.124. The van der Waals surface area contributed by atoms with Crippen molar-refractivity contribution in [2.75, 3.05) is 5.32 Å². The lowest BCUT2D eigenvalue weighted by atomic mass is 9.86. The smallest absolute Gasteiger partial charge is 0.248 e. The SMILES string of the molecule is Cc1c(O)cccc1NC(=O)C1CCC(F)(F)CC1. The Morgan fingerprint density at radius 3 is 2.63 bits per heavy atom. The van der Waals surface area contributed by atoms with Crippen LogP contribution in [0.1, 0.15) is 31.2 Å². The molecule has 0 unspecified atom stereocenters. The summed E-state index contributed by atoms with van der Waals surface area (Å²) in [6.07, 6.45) is -0.0540. The number of phenols is 1. The highest BCUT2D eigenvalue weighted by molar-refractivity contribution is 5.93. The summed E-state index contributed by atoms with van der Waals surface area (Å²) >= 11 is 0. The van der Waals surface area contributed by atoms with Gasteiger partial charge in [0, 0.05) is 30.0 Å². The predicted molar refractivity (Wildman–Crippen MR) is 68.4 cm³/mol. The highest BCUT2D eigenvalue weighted by Crippen LogP contribution is 2.36. The number of hydrogen-bond donors (Lipinski definition) is 2. The first kappa shape index (κ1) is 13.8. The van der Waals surface area contributed by atoms with Gasteiger partial charge in [0.15, 0.2) is 0 Å². The number of rotatable bonds is 2. The number of benzene rings is 1. The van der Waals surface area contributed by atoms with E-state index in [1.165, 1.54) is 6.07 Å². The molecule has 0 aromatic heterocycles. The molecule has 1 aliphatic carbocycles. The lowest BCUT2D eigenvalue weighted by Gasteiger charge is -2.27. The van der Waals surface area contributed by atoms with E-state index >= 15 is 0 Å². The molecule has 1 aromatic carbocycles. The Hall–Kier alpha value is -1.65. The minimum atomic E-state index is -2.63. The van der Waals surface area contributed by atoms with Crippen LogP contribution < -0.4 is 5.32 Å². The summed E-state index contributed by atoms with van der Waals surface area (Å²) < 4.78 is 26.0. The maximum Gasteiger partial charge on any atom is 0.248 e. The van der Waals surface area contributed by atoms with E-state index in [1.807, 2.05) is 0 Å². The van der Waals surface area contributed by atoms with Crippen molar-refractivity contribution in [1.82, 2.24) is 0 Å². The summed E-state index contributed by atoms with van der Waals surface area (Å²) in [7, 11) is 0. The monoisotopic (exact) mass is 269 g/mol. The van der Waals surface area contributed by atoms with Crippen molar-refractivity contribution >= 4 is 11.6 Å². The number of anilines is 1. The number of carbonyl (C=O) groups is 1. The Morgan fingerprint density at radius 1 is 1.37 bits per heavy atom. The Bertz CT molecular complexity index is 478. The van der Waals surface area contributed by atoms with E-state index in [0.29, 0.717) is 11.3 Å². The molecular formula is C14H17F2NO2. The van der Waals surface area contributed by atoms with Gasteiger partial charge in [-0.2, -0.15) is 0 Å². The predicted octanol–water partition coefficient (Wildman–Crippen LogP) is 3.46. The average Bonchev–Trinajstić information content (AvgIpc) is 2.35. The number of halogens is 2. The van der Waals surface area contributed by atoms with Crippen molar-refractivity contribution in [3.63, 3.8) is 0 Å². The molecule has 1 aromatic rings. The topological polar surface area (TPSA) is 49.3 Å². The van der Waals surface area contributed by atoms with Crippen molar-refractivity contribution in [1.29, 1.82) is 0 Å². The van der Waals surface area contributed by atoms with Gasteiger partial charge in [-0.05, 0) is 31.9 Å². The second-order valence-corrected chi connectivity index (χ2v) is 5.07. The fourth-order valence-electron chi connectivity index (χ4n) is 2.30. The second kappa shape index (κ2) is 5.15. The van der Waals surface area contributed by atoms with Crippen LogP contribution in [0.2, 0.25) is 0 Å². The molecule has 2 N–H and O–H groups in total. The summed E-state index contributed by atoms with van der Waals surface area (Å²) in [5, 5.41) is 12.2. The molecule has 0 saturated heterocycles. The Kier molecular flexibility index (Phi) is 3.73. The molecule has 19 heavy (non-hydrogen) atoms. The van der Waals surface area contributed by atoms with E-state index in [-0.39, 0.29) is 43.3 Å². The fraction of sp³-hybridized carbons (Fsp3) is 0.500. The van der Waals surface area contributed by atoms with Gasteiger partial charge in [-0.3, -0.25) is 4.79 Å². The van der Waals surface area contributed by atoms with Crippen LogP contribution in [0.15, 0.2) is 18.2 Å². The summed E-state index contributed by atoms with van der Waals surface area (Å²) in [4.78, 5) is 12.0. The first-order valence-corrected chi connectivity index (χ1v) is 6.36. The van der Waals surface area contributed by atoms with Crippen LogP contribution in [0.4, 0.5) is 14.5 Å². The minimum Gasteiger partial charge on any atom is -0.508 e. The van der Waals surface area contributed by atoms with E-state index in [0.717, 1.165) is 0 Å². The van der Waals surface area contributed by atoms with E-state index in [2.05, 4.69) is 5.32 Å². The Balaban J connectivity index is 2.00. The number of phenolic OH excluding ortho intramolecular Hbond substituents is 1. The van der Waals surface area contributed by atoms with Crippen molar-refractivity contribution < 1.29 is 18.7 Å². The first-order valence-electron chi connectivity index (χ1n) is 6.36. The van der Waals surface area contributed by atoms with Crippen LogP contribution in [-0.2, 0) is 4.79 Å². The maximum absolute atomic E-state index is 13.0. The van der Waals surface area contributed by atoms with Crippen LogP contribution in [0, 0.1) is 12.8 Å². The molecular weight excluding hydrogens is 252 g/mol. The molecule has 5 heteroatoms. The standard InChI is InChI=1S/C14H17F2NO2/c1-9-11(3-2-4-12(9)18)17-13(19)10-5-7-14(15,16)8-6-10/h2-4,10,18H,5-8H2,1H3,(H,17,19). The molecule has 1 amide bonds. The third kappa shape index (κ3) is 3.22. The summed E-state index contributed by atoms with van der Waals surface area (Å²) in [6.45, 7) is 1.69. The molecule has 0 atom stereocenters. The van der Waals surface area contributed by atoms with Crippen molar-refractivity contribution in [2.45, 2.75) is 38.5 Å². The van der Waals surface area contributed by atoms with Crippen LogP contribution in [0.3, 0.4) is 0 Å². The minimum absolute atomic E-state index is 0.105. The van der Waals surface area contributed by atoms with Crippen LogP contribution in [0.5, 0.6) is 5.75 Å². The van der Waals surface area contributed by atoms with Gasteiger partial charge in [-0.25, -0.2) is 8.78 Å². The molecule has 0 heterocycles. The largest absolute Gasteiger partial charge is 0.508 e. The Morgan fingerprint density at radius 2 is 2.00 bits per heavy atom. The van der Waals surface area contributed by atoms with E-state index < -0.39 is 5.92 Å². The summed E-state index contributed by atoms with van der Waals surface area (Å²) in [5.41, 5.74) is 1.11. The Labute approximate surface area is 110 Å². The highest BCUT2D eigenvalue weighted by atomic mass is 19.3. The summed E-state index contributed by atoms with van der Waals surface area (Å²) in [5.74, 6) is -3.14. The van der Waals surface area contributed by atoms with Gasteiger partial charge in [-0.1, -0.05) is 6.07 Å². The van der Waals surface area contributed by atoms with Crippen molar-refractivity contribution in [3.8, 4) is 5.75 Å². The van der Waals surface area contributed by atoms with E-state index in [4.69, 9.17) is 0 Å². The molecule has 1 fully saturated rings. The van der Waals surface area contributed by atoms with Gasteiger partial charge in [0.25, 0.3) is 0 Å². The molecule has 0 aliphatic heterocycles. The van der Waals surface area contributed by atoms with E-state index in [1.54, 1.807) is 19.1 Å². The number of nitrogens with one attached hydrogen (secondary N) is 1. The van der Waals surface area contributed by atoms with Gasteiger partial charge in [0.1, 0.15) is 5.75 Å². The molecule has 104 valence electrons. The molecule has 0 radical (unpaired) electrons. The number of aromatic hydroxyl groups is 1. The van der Waals surface area contributed by atoms with Crippen LogP contribution >= 0.6 is 0 Å². The zero-order valence-corrected chi connectivity index (χ0v) is 10.7. The average molecular weight is 269 g/mol. The summed E-state index contributed by atoms with van der Waals surface area (Å²) in [6, 6.07) is 4.85. The van der Waals surface area contributed by atoms with Crippen molar-refractivity contribution in [3.05, 3.63) is 23.8 Å². The highest BCUT2D eigenvalue weighted by Gasteiger charge is 2.37. The molecule has 3 nitrogen and oxygen atoms in total. The quantitative estimate of drug-likeness (QED) is 0.863. The third-order valence-electron chi connectivity index (χ3n) is 3.65.